The smallest absolute Gasteiger partial charge is 0.405 e. The molecule has 8 nitrogen and oxygen atoms in total. The summed E-state index contributed by atoms with van der Waals surface area (Å²) in [6.07, 6.45) is -3.71. The molecule has 0 aliphatic rings. The van der Waals surface area contributed by atoms with E-state index in [1.807, 2.05) is 0 Å². The molecule has 0 amide bonds. The molecular formula is C18H15ClF3N5O3S. The van der Waals surface area contributed by atoms with Crippen molar-refractivity contribution in [1.82, 2.24) is 9.97 Å². The monoisotopic (exact) mass is 473 g/mol. The van der Waals surface area contributed by atoms with Crippen LogP contribution in [0.25, 0.3) is 0 Å². The molecule has 2 aromatic carbocycles. The Kier molecular flexibility index (Phi) is 6.53. The van der Waals surface area contributed by atoms with Gasteiger partial charge in [-0.15, -0.1) is 13.2 Å². The van der Waals surface area contributed by atoms with Crippen molar-refractivity contribution in [2.75, 3.05) is 10.6 Å². The highest BCUT2D eigenvalue weighted by Gasteiger charge is 2.32. The Bertz CT molecular complexity index is 1170. The molecule has 0 bridgehead atoms. The zero-order chi connectivity index (χ0) is 22.6. The largest absolute Gasteiger partial charge is 0.573 e. The summed E-state index contributed by atoms with van der Waals surface area (Å²) in [5.41, 5.74) is 0.616. The summed E-state index contributed by atoms with van der Waals surface area (Å²) in [5.74, 6) is 0.108. The van der Waals surface area contributed by atoms with Crippen molar-refractivity contribution in [2.45, 2.75) is 17.8 Å². The Morgan fingerprint density at radius 3 is 2.35 bits per heavy atom. The van der Waals surface area contributed by atoms with Gasteiger partial charge in [0.05, 0.1) is 4.90 Å². The molecule has 3 rings (SSSR count). The number of hydrogen-bond acceptors (Lipinski definition) is 7. The van der Waals surface area contributed by atoms with Gasteiger partial charge in [0.15, 0.2) is 0 Å². The number of nitrogens with two attached hydrogens (primary N) is 1. The maximum atomic E-state index is 12.7. The maximum Gasteiger partial charge on any atom is 0.573 e. The van der Waals surface area contributed by atoms with Crippen LogP contribution in [-0.4, -0.2) is 24.7 Å². The third kappa shape index (κ3) is 6.70. The predicted molar refractivity (Wildman–Crippen MR) is 109 cm³/mol. The van der Waals surface area contributed by atoms with E-state index >= 15 is 0 Å². The lowest BCUT2D eigenvalue weighted by atomic mass is 10.2. The fourth-order valence-electron chi connectivity index (χ4n) is 2.48. The van der Waals surface area contributed by atoms with Gasteiger partial charge in [0.25, 0.3) is 0 Å². The lowest BCUT2D eigenvalue weighted by molar-refractivity contribution is -0.274. The number of halogens is 4. The molecule has 164 valence electrons. The van der Waals surface area contributed by atoms with Crippen LogP contribution in [0.2, 0.25) is 5.02 Å². The second-order valence-corrected chi connectivity index (χ2v) is 8.13. The lowest BCUT2D eigenvalue weighted by Crippen LogP contribution is -2.19. The summed E-state index contributed by atoms with van der Waals surface area (Å²) in [6, 6.07) is 11.2. The van der Waals surface area contributed by atoms with E-state index in [4.69, 9.17) is 16.7 Å². The van der Waals surface area contributed by atoms with Crippen LogP contribution in [-0.2, 0) is 16.6 Å². The van der Waals surface area contributed by atoms with Crippen LogP contribution in [0.5, 0.6) is 5.75 Å². The van der Waals surface area contributed by atoms with E-state index in [-0.39, 0.29) is 22.8 Å². The molecule has 4 N–H and O–H groups in total. The number of anilines is 3. The molecular weight excluding hydrogens is 459 g/mol. The Labute approximate surface area is 180 Å². The van der Waals surface area contributed by atoms with E-state index in [0.29, 0.717) is 16.5 Å². The van der Waals surface area contributed by atoms with E-state index in [0.717, 1.165) is 18.2 Å². The Hall–Kier alpha value is -3.09. The number of benzene rings is 2. The molecule has 0 radical (unpaired) electrons. The number of ether oxygens (including phenoxy) is 1. The van der Waals surface area contributed by atoms with Crippen LogP contribution in [0.3, 0.4) is 0 Å². The van der Waals surface area contributed by atoms with E-state index in [1.54, 1.807) is 24.3 Å². The molecule has 1 aromatic heterocycles. The first-order valence-electron chi connectivity index (χ1n) is 8.49. The number of alkyl halides is 3. The molecule has 0 spiro atoms. The molecule has 0 aliphatic carbocycles. The van der Waals surface area contributed by atoms with E-state index in [1.165, 1.54) is 12.4 Å². The minimum absolute atomic E-state index is 0.0883. The summed E-state index contributed by atoms with van der Waals surface area (Å²) >= 11 is 5.84. The minimum Gasteiger partial charge on any atom is -0.405 e. The first-order chi connectivity index (χ1) is 14.5. The van der Waals surface area contributed by atoms with Crippen LogP contribution in [0.1, 0.15) is 5.56 Å². The van der Waals surface area contributed by atoms with Crippen molar-refractivity contribution >= 4 is 38.9 Å². The van der Waals surface area contributed by atoms with Gasteiger partial charge < -0.3 is 15.4 Å². The van der Waals surface area contributed by atoms with Gasteiger partial charge in [-0.2, -0.15) is 0 Å². The van der Waals surface area contributed by atoms with Crippen LogP contribution in [0.15, 0.2) is 59.8 Å². The number of sulfonamides is 1. The average Bonchev–Trinajstić information content (AvgIpc) is 2.67. The molecule has 1 heterocycles. The fourth-order valence-corrected chi connectivity index (χ4v) is 3.17. The van der Waals surface area contributed by atoms with Gasteiger partial charge in [-0.25, -0.2) is 23.5 Å². The van der Waals surface area contributed by atoms with Crippen LogP contribution in [0.4, 0.5) is 30.5 Å². The van der Waals surface area contributed by atoms with Crippen molar-refractivity contribution in [3.63, 3.8) is 0 Å². The van der Waals surface area contributed by atoms with Gasteiger partial charge in [-0.3, -0.25) is 0 Å². The SMILES string of the molecule is NS(=O)(=O)c1ccc(OC(F)(F)F)c(CNc2cc(Nc3ccc(Cl)cc3)ncn2)c1. The van der Waals surface area contributed by atoms with E-state index in [9.17, 15) is 21.6 Å². The van der Waals surface area contributed by atoms with E-state index < -0.39 is 22.1 Å². The van der Waals surface area contributed by atoms with Crippen molar-refractivity contribution in [1.29, 1.82) is 0 Å². The fraction of sp³-hybridized carbons (Fsp3) is 0.111. The Balaban J connectivity index is 1.80. The highest BCUT2D eigenvalue weighted by atomic mass is 35.5. The number of aromatic nitrogens is 2. The molecule has 0 saturated heterocycles. The molecule has 13 heteroatoms. The number of rotatable bonds is 7. The molecule has 31 heavy (non-hydrogen) atoms. The first kappa shape index (κ1) is 22.6. The van der Waals surface area contributed by atoms with Gasteiger partial charge in [0.2, 0.25) is 10.0 Å². The second kappa shape index (κ2) is 8.96. The topological polar surface area (TPSA) is 119 Å². The van der Waals surface area contributed by atoms with Crippen LogP contribution in [0, 0.1) is 0 Å². The van der Waals surface area contributed by atoms with Gasteiger partial charge in [-0.05, 0) is 42.5 Å². The lowest BCUT2D eigenvalue weighted by Gasteiger charge is -2.15. The Morgan fingerprint density at radius 2 is 1.71 bits per heavy atom. The van der Waals surface area contributed by atoms with Crippen molar-refractivity contribution < 1.29 is 26.3 Å². The normalized spacial score (nSPS) is 11.8. The molecule has 0 aliphatic heterocycles. The predicted octanol–water partition coefficient (Wildman–Crippen LogP) is 4.03. The molecule has 0 unspecified atom stereocenters. The third-order valence-corrected chi connectivity index (χ3v) is 4.99. The summed E-state index contributed by atoms with van der Waals surface area (Å²) in [4.78, 5) is 7.70. The quantitative estimate of drug-likeness (QED) is 0.474. The number of primary sulfonamides is 1. The van der Waals surface area contributed by atoms with Gasteiger partial charge in [0, 0.05) is 28.9 Å². The second-order valence-electron chi connectivity index (χ2n) is 6.14. The molecule has 0 atom stereocenters. The molecule has 3 aromatic rings. The third-order valence-electron chi connectivity index (χ3n) is 3.83. The summed E-state index contributed by atoms with van der Waals surface area (Å²) in [6.45, 7) is -0.230. The van der Waals surface area contributed by atoms with Crippen molar-refractivity contribution in [3.05, 3.63) is 65.4 Å². The highest BCUT2D eigenvalue weighted by molar-refractivity contribution is 7.89. The Morgan fingerprint density at radius 1 is 1.03 bits per heavy atom. The van der Waals surface area contributed by atoms with Gasteiger partial charge in [-0.1, -0.05) is 11.6 Å². The zero-order valence-electron chi connectivity index (χ0n) is 15.5. The van der Waals surface area contributed by atoms with Gasteiger partial charge >= 0.3 is 6.36 Å². The summed E-state index contributed by atoms with van der Waals surface area (Å²) in [7, 11) is -4.12. The summed E-state index contributed by atoms with van der Waals surface area (Å²) < 4.78 is 65.1. The molecule has 0 saturated carbocycles. The zero-order valence-corrected chi connectivity index (χ0v) is 17.1. The van der Waals surface area contributed by atoms with Crippen molar-refractivity contribution in [2.24, 2.45) is 5.14 Å². The number of nitrogens with zero attached hydrogens (tertiary/aromatic N) is 2. The highest BCUT2D eigenvalue weighted by Crippen LogP contribution is 2.29. The number of hydrogen-bond donors (Lipinski definition) is 3. The summed E-state index contributed by atoms with van der Waals surface area (Å²) in [5, 5.41) is 11.5. The minimum atomic E-state index is -4.96. The van der Waals surface area contributed by atoms with Crippen LogP contribution >= 0.6 is 11.6 Å². The van der Waals surface area contributed by atoms with Crippen molar-refractivity contribution in [3.8, 4) is 5.75 Å². The average molecular weight is 474 g/mol. The van der Waals surface area contributed by atoms with Gasteiger partial charge in [0.1, 0.15) is 23.7 Å². The first-order valence-corrected chi connectivity index (χ1v) is 10.4. The maximum absolute atomic E-state index is 12.7. The standard InChI is InChI=1S/C18H15ClF3N5O3S/c19-12-1-3-13(4-2-12)27-17-8-16(25-10-26-17)24-9-11-7-14(31(23,28)29)5-6-15(11)30-18(20,21)22/h1-8,10H,9H2,(H2,23,28,29)(H2,24,25,26,27). The molecule has 0 fully saturated rings. The van der Waals surface area contributed by atoms with Crippen LogP contribution < -0.4 is 20.5 Å². The van der Waals surface area contributed by atoms with E-state index in [2.05, 4.69) is 25.3 Å². The number of nitrogens with one attached hydrogen (secondary N) is 2.